The number of nitrogens with two attached hydrogens (primary N) is 1. The standard InChI is InChI=1S/C14H28N2/c1-2-14(7-3-4-8-14)11-16-10-12-5-6-13(15)9-12/h12-13,16H,2-11,15H2,1H3. The zero-order chi connectivity index (χ0) is 11.4. The van der Waals surface area contributed by atoms with Crippen LogP contribution >= 0.6 is 0 Å². The molecule has 2 aliphatic carbocycles. The molecule has 94 valence electrons. The maximum Gasteiger partial charge on any atom is 0.00420 e. The van der Waals surface area contributed by atoms with Gasteiger partial charge in [0.15, 0.2) is 0 Å². The van der Waals surface area contributed by atoms with Gasteiger partial charge in [-0.2, -0.15) is 0 Å². The Labute approximate surface area is 100 Å². The Bertz CT molecular complexity index is 209. The lowest BCUT2D eigenvalue weighted by atomic mass is 9.83. The quantitative estimate of drug-likeness (QED) is 0.753. The van der Waals surface area contributed by atoms with Crippen LogP contribution in [-0.2, 0) is 0 Å². The molecule has 0 spiro atoms. The SMILES string of the molecule is CCC1(CNCC2CCC(N)C2)CCCC1. The normalized spacial score (nSPS) is 33.4. The van der Waals surface area contributed by atoms with Crippen molar-refractivity contribution >= 4 is 0 Å². The molecule has 0 aromatic heterocycles. The van der Waals surface area contributed by atoms with Gasteiger partial charge >= 0.3 is 0 Å². The van der Waals surface area contributed by atoms with E-state index in [9.17, 15) is 0 Å². The highest BCUT2D eigenvalue weighted by molar-refractivity contribution is 4.86. The molecule has 16 heavy (non-hydrogen) atoms. The molecule has 2 nitrogen and oxygen atoms in total. The molecule has 2 rings (SSSR count). The first-order valence-corrected chi connectivity index (χ1v) is 7.20. The van der Waals surface area contributed by atoms with E-state index in [2.05, 4.69) is 12.2 Å². The van der Waals surface area contributed by atoms with Crippen molar-refractivity contribution in [3.63, 3.8) is 0 Å². The number of nitrogens with one attached hydrogen (secondary N) is 1. The average Bonchev–Trinajstić information content (AvgIpc) is 2.89. The topological polar surface area (TPSA) is 38.0 Å². The maximum absolute atomic E-state index is 5.94. The molecule has 3 N–H and O–H groups in total. The zero-order valence-corrected chi connectivity index (χ0v) is 10.8. The maximum atomic E-state index is 5.94. The second kappa shape index (κ2) is 5.50. The van der Waals surface area contributed by atoms with Crippen LogP contribution in [0.2, 0.25) is 0 Å². The summed E-state index contributed by atoms with van der Waals surface area (Å²) in [6.45, 7) is 4.81. The third kappa shape index (κ3) is 2.98. The lowest BCUT2D eigenvalue weighted by molar-refractivity contribution is 0.262. The van der Waals surface area contributed by atoms with Crippen LogP contribution in [0, 0.1) is 11.3 Å². The Morgan fingerprint density at radius 3 is 2.56 bits per heavy atom. The summed E-state index contributed by atoms with van der Waals surface area (Å²) in [6, 6.07) is 0.485. The summed E-state index contributed by atoms with van der Waals surface area (Å²) in [4.78, 5) is 0. The average molecular weight is 224 g/mol. The van der Waals surface area contributed by atoms with Crippen molar-refractivity contribution in [2.45, 2.75) is 64.3 Å². The van der Waals surface area contributed by atoms with Crippen molar-refractivity contribution in [2.75, 3.05) is 13.1 Å². The first kappa shape index (κ1) is 12.4. The molecule has 0 bridgehead atoms. The van der Waals surface area contributed by atoms with Gasteiger partial charge in [0.05, 0.1) is 0 Å². The summed E-state index contributed by atoms with van der Waals surface area (Å²) in [7, 11) is 0. The van der Waals surface area contributed by atoms with Gasteiger partial charge in [-0.15, -0.1) is 0 Å². The molecular formula is C14H28N2. The van der Waals surface area contributed by atoms with Gasteiger partial charge in [-0.05, 0) is 56.4 Å². The third-order valence-corrected chi connectivity index (χ3v) is 4.93. The molecule has 2 saturated carbocycles. The van der Waals surface area contributed by atoms with E-state index in [4.69, 9.17) is 5.73 Å². The molecule has 0 aliphatic heterocycles. The molecule has 2 fully saturated rings. The van der Waals surface area contributed by atoms with Crippen LogP contribution in [0.25, 0.3) is 0 Å². The monoisotopic (exact) mass is 224 g/mol. The van der Waals surface area contributed by atoms with Crippen LogP contribution in [0.3, 0.4) is 0 Å². The summed E-state index contributed by atoms with van der Waals surface area (Å²) in [5.74, 6) is 0.852. The summed E-state index contributed by atoms with van der Waals surface area (Å²) in [5.41, 5.74) is 6.58. The van der Waals surface area contributed by atoms with Gasteiger partial charge in [-0.25, -0.2) is 0 Å². The third-order valence-electron chi connectivity index (χ3n) is 4.93. The van der Waals surface area contributed by atoms with Crippen LogP contribution in [0.5, 0.6) is 0 Å². The minimum atomic E-state index is 0.485. The zero-order valence-electron chi connectivity index (χ0n) is 10.8. The molecule has 2 atom stereocenters. The fourth-order valence-corrected chi connectivity index (χ4v) is 3.62. The first-order chi connectivity index (χ1) is 7.74. The summed E-state index contributed by atoms with van der Waals surface area (Å²) in [5, 5.41) is 3.73. The summed E-state index contributed by atoms with van der Waals surface area (Å²) >= 11 is 0. The minimum Gasteiger partial charge on any atom is -0.328 e. The fourth-order valence-electron chi connectivity index (χ4n) is 3.62. The van der Waals surface area contributed by atoms with E-state index in [1.54, 1.807) is 0 Å². The van der Waals surface area contributed by atoms with Gasteiger partial charge in [-0.3, -0.25) is 0 Å². The number of rotatable bonds is 5. The van der Waals surface area contributed by atoms with Crippen molar-refractivity contribution < 1.29 is 0 Å². The summed E-state index contributed by atoms with van der Waals surface area (Å²) < 4.78 is 0. The van der Waals surface area contributed by atoms with Crippen LogP contribution < -0.4 is 11.1 Å². The predicted molar refractivity (Wildman–Crippen MR) is 69.4 cm³/mol. The van der Waals surface area contributed by atoms with Crippen LogP contribution in [0.1, 0.15) is 58.3 Å². The van der Waals surface area contributed by atoms with E-state index < -0.39 is 0 Å². The van der Waals surface area contributed by atoms with Crippen molar-refractivity contribution in [1.29, 1.82) is 0 Å². The van der Waals surface area contributed by atoms with Crippen molar-refractivity contribution in [3.8, 4) is 0 Å². The van der Waals surface area contributed by atoms with Crippen LogP contribution in [0.4, 0.5) is 0 Å². The van der Waals surface area contributed by atoms with Crippen LogP contribution in [0.15, 0.2) is 0 Å². The Balaban J connectivity index is 1.67. The van der Waals surface area contributed by atoms with Crippen molar-refractivity contribution in [1.82, 2.24) is 5.32 Å². The Morgan fingerprint density at radius 1 is 1.25 bits per heavy atom. The highest BCUT2D eigenvalue weighted by atomic mass is 14.9. The van der Waals surface area contributed by atoms with Gasteiger partial charge in [0.25, 0.3) is 0 Å². The molecule has 2 unspecified atom stereocenters. The minimum absolute atomic E-state index is 0.485. The van der Waals surface area contributed by atoms with E-state index in [1.165, 1.54) is 64.5 Å². The largest absolute Gasteiger partial charge is 0.328 e. The molecule has 2 heteroatoms. The van der Waals surface area contributed by atoms with Crippen molar-refractivity contribution in [2.24, 2.45) is 17.1 Å². The Hall–Kier alpha value is -0.0800. The van der Waals surface area contributed by atoms with Gasteiger partial charge < -0.3 is 11.1 Å². The van der Waals surface area contributed by atoms with Crippen molar-refractivity contribution in [3.05, 3.63) is 0 Å². The van der Waals surface area contributed by atoms with Gasteiger partial charge in [-0.1, -0.05) is 19.8 Å². The molecule has 0 aromatic carbocycles. The van der Waals surface area contributed by atoms with E-state index >= 15 is 0 Å². The first-order valence-electron chi connectivity index (χ1n) is 7.20. The number of hydrogen-bond donors (Lipinski definition) is 2. The van der Waals surface area contributed by atoms with E-state index in [0.717, 1.165) is 5.92 Å². The second-order valence-corrected chi connectivity index (χ2v) is 6.13. The predicted octanol–water partition coefficient (Wildman–Crippen LogP) is 2.67. The molecule has 2 aliphatic rings. The molecule has 0 radical (unpaired) electrons. The van der Waals surface area contributed by atoms with E-state index in [1.807, 2.05) is 0 Å². The number of hydrogen-bond acceptors (Lipinski definition) is 2. The lowest BCUT2D eigenvalue weighted by Crippen LogP contribution is -2.34. The van der Waals surface area contributed by atoms with E-state index in [-0.39, 0.29) is 0 Å². The van der Waals surface area contributed by atoms with Crippen LogP contribution in [-0.4, -0.2) is 19.1 Å². The highest BCUT2D eigenvalue weighted by Crippen LogP contribution is 2.40. The lowest BCUT2D eigenvalue weighted by Gasteiger charge is -2.28. The molecule has 0 heterocycles. The Kier molecular flexibility index (Phi) is 4.26. The van der Waals surface area contributed by atoms with Gasteiger partial charge in [0.1, 0.15) is 0 Å². The molecular weight excluding hydrogens is 196 g/mol. The van der Waals surface area contributed by atoms with Gasteiger partial charge in [0, 0.05) is 12.6 Å². The molecule has 0 saturated heterocycles. The second-order valence-electron chi connectivity index (χ2n) is 6.13. The summed E-state index contributed by atoms with van der Waals surface area (Å²) in [6.07, 6.45) is 11.0. The van der Waals surface area contributed by atoms with E-state index in [0.29, 0.717) is 11.5 Å². The molecule has 0 amide bonds. The highest BCUT2D eigenvalue weighted by Gasteiger charge is 2.31. The Morgan fingerprint density at radius 2 is 2.00 bits per heavy atom. The smallest absolute Gasteiger partial charge is 0.00420 e. The van der Waals surface area contributed by atoms with Gasteiger partial charge in [0.2, 0.25) is 0 Å². The molecule has 0 aromatic rings. The fraction of sp³-hybridized carbons (Fsp3) is 1.00.